The first-order valence-electron chi connectivity index (χ1n) is 16.3. The van der Waals surface area contributed by atoms with Crippen LogP contribution in [0.1, 0.15) is 101 Å². The van der Waals surface area contributed by atoms with Gasteiger partial charge in [-0.2, -0.15) is 5.10 Å². The molecular formula is C36H48N4O3. The number of hydrogen-bond acceptors (Lipinski definition) is 5. The number of benzene rings is 1. The molecule has 0 spiro atoms. The average molecular weight is 585 g/mol. The molecule has 1 N–H and O–H groups in total. The van der Waals surface area contributed by atoms with Crippen molar-refractivity contribution >= 4 is 11.7 Å². The molecule has 3 aromatic rings. The van der Waals surface area contributed by atoms with Crippen LogP contribution < -0.4 is 9.64 Å². The second-order valence-corrected chi connectivity index (χ2v) is 14.1. The zero-order valence-corrected chi connectivity index (χ0v) is 26.6. The van der Waals surface area contributed by atoms with E-state index >= 15 is 0 Å². The molecule has 7 rings (SSSR count). The number of aliphatic hydroxyl groups is 1. The fraction of sp³-hybridized carbons (Fsp3) is 0.583. The van der Waals surface area contributed by atoms with Gasteiger partial charge in [-0.3, -0.25) is 14.4 Å². The van der Waals surface area contributed by atoms with E-state index < -0.39 is 0 Å². The van der Waals surface area contributed by atoms with Crippen LogP contribution in [0.25, 0.3) is 11.1 Å². The normalized spacial score (nSPS) is 27.0. The SMILES string of the molecule is COc1c(C)cc(C23CCC(CN(C(=O)C4CCC(O)CC4)c4cc(-c5cnn(C(C)C)c5)ccn4)(CC2)CC3)cc1C. The average Bonchev–Trinajstić information content (AvgIpc) is 3.52. The van der Waals surface area contributed by atoms with Gasteiger partial charge in [-0.25, -0.2) is 4.98 Å². The van der Waals surface area contributed by atoms with Crippen molar-refractivity contribution < 1.29 is 14.6 Å². The van der Waals surface area contributed by atoms with Crippen LogP contribution in [-0.4, -0.2) is 45.5 Å². The third-order valence-electron chi connectivity index (χ3n) is 11.0. The third kappa shape index (κ3) is 5.73. The first-order chi connectivity index (χ1) is 20.6. The number of ether oxygens (including phenoxy) is 1. The van der Waals surface area contributed by atoms with Crippen LogP contribution in [0.5, 0.6) is 5.75 Å². The molecule has 1 amide bonds. The minimum absolute atomic E-state index is 0.0644. The van der Waals surface area contributed by atoms with Gasteiger partial charge in [0, 0.05) is 36.5 Å². The molecule has 4 fully saturated rings. The monoisotopic (exact) mass is 584 g/mol. The van der Waals surface area contributed by atoms with Crippen molar-refractivity contribution in [3.05, 3.63) is 59.5 Å². The van der Waals surface area contributed by atoms with E-state index in [-0.39, 0.29) is 34.8 Å². The summed E-state index contributed by atoms with van der Waals surface area (Å²) in [5, 5.41) is 14.7. The molecule has 43 heavy (non-hydrogen) atoms. The summed E-state index contributed by atoms with van der Waals surface area (Å²) in [7, 11) is 1.76. The summed E-state index contributed by atoms with van der Waals surface area (Å²) in [4.78, 5) is 21.1. The van der Waals surface area contributed by atoms with E-state index in [0.29, 0.717) is 19.4 Å². The van der Waals surface area contributed by atoms with E-state index in [9.17, 15) is 9.90 Å². The van der Waals surface area contributed by atoms with Gasteiger partial charge in [0.2, 0.25) is 5.91 Å². The summed E-state index contributed by atoms with van der Waals surface area (Å²) in [6.45, 7) is 9.27. The second-order valence-electron chi connectivity index (χ2n) is 14.1. The molecule has 4 aliphatic carbocycles. The predicted octanol–water partition coefficient (Wildman–Crippen LogP) is 7.33. The van der Waals surface area contributed by atoms with Gasteiger partial charge in [0.15, 0.2) is 0 Å². The number of anilines is 1. The Morgan fingerprint density at radius 3 is 2.26 bits per heavy atom. The minimum atomic E-state index is -0.287. The zero-order chi connectivity index (χ0) is 30.4. The summed E-state index contributed by atoms with van der Waals surface area (Å²) in [6.07, 6.45) is 15.2. The number of pyridine rings is 1. The van der Waals surface area contributed by atoms with E-state index in [2.05, 4.69) is 57.2 Å². The first-order valence-corrected chi connectivity index (χ1v) is 16.3. The molecule has 0 aliphatic heterocycles. The maximum Gasteiger partial charge on any atom is 0.231 e. The van der Waals surface area contributed by atoms with Gasteiger partial charge in [-0.05, 0) is 137 Å². The van der Waals surface area contributed by atoms with Crippen LogP contribution in [0.4, 0.5) is 5.82 Å². The Morgan fingerprint density at radius 1 is 1.02 bits per heavy atom. The zero-order valence-electron chi connectivity index (χ0n) is 26.6. The fourth-order valence-electron chi connectivity index (χ4n) is 8.18. The lowest BCUT2D eigenvalue weighted by molar-refractivity contribution is -0.124. The van der Waals surface area contributed by atoms with E-state index in [1.165, 1.54) is 16.7 Å². The van der Waals surface area contributed by atoms with Gasteiger partial charge in [0.25, 0.3) is 0 Å². The molecule has 2 heterocycles. The molecule has 1 aromatic carbocycles. The van der Waals surface area contributed by atoms with Crippen molar-refractivity contribution in [3.8, 4) is 16.9 Å². The lowest BCUT2D eigenvalue weighted by atomic mass is 9.51. The number of carbonyl (C=O) groups is 1. The molecule has 230 valence electrons. The molecule has 2 aromatic heterocycles. The molecule has 0 saturated heterocycles. The number of hydrogen-bond donors (Lipinski definition) is 1. The van der Waals surface area contributed by atoms with Gasteiger partial charge in [0.1, 0.15) is 11.6 Å². The van der Waals surface area contributed by atoms with Gasteiger partial charge in [-0.15, -0.1) is 0 Å². The van der Waals surface area contributed by atoms with E-state index in [0.717, 1.165) is 74.1 Å². The summed E-state index contributed by atoms with van der Waals surface area (Å²) < 4.78 is 7.63. The lowest BCUT2D eigenvalue weighted by Crippen LogP contribution is -2.52. The number of carbonyl (C=O) groups excluding carboxylic acids is 1. The number of aromatic nitrogens is 3. The molecule has 4 aliphatic rings. The van der Waals surface area contributed by atoms with Gasteiger partial charge >= 0.3 is 0 Å². The maximum atomic E-state index is 14.3. The molecule has 7 heteroatoms. The van der Waals surface area contributed by atoms with Crippen molar-refractivity contribution in [2.45, 2.75) is 109 Å². The Balaban J connectivity index is 1.27. The van der Waals surface area contributed by atoms with Crippen molar-refractivity contribution in [3.63, 3.8) is 0 Å². The van der Waals surface area contributed by atoms with Crippen LogP contribution in [0.2, 0.25) is 0 Å². The summed E-state index contributed by atoms with van der Waals surface area (Å²) >= 11 is 0. The molecule has 4 saturated carbocycles. The van der Waals surface area contributed by atoms with Crippen molar-refractivity contribution in [1.82, 2.24) is 14.8 Å². The molecule has 0 atom stereocenters. The Morgan fingerprint density at radius 2 is 1.67 bits per heavy atom. The highest BCUT2D eigenvalue weighted by Crippen LogP contribution is 2.58. The number of nitrogens with zero attached hydrogens (tertiary/aromatic N) is 4. The lowest BCUT2D eigenvalue weighted by Gasteiger charge is -2.55. The molecule has 7 nitrogen and oxygen atoms in total. The van der Waals surface area contributed by atoms with Crippen molar-refractivity contribution in [1.29, 1.82) is 0 Å². The van der Waals surface area contributed by atoms with Crippen LogP contribution in [0.15, 0.2) is 42.9 Å². The summed E-state index contributed by atoms with van der Waals surface area (Å²) in [5.41, 5.74) is 6.27. The van der Waals surface area contributed by atoms with Gasteiger partial charge in [-0.1, -0.05) is 12.1 Å². The van der Waals surface area contributed by atoms with Gasteiger partial charge in [0.05, 0.1) is 19.4 Å². The Bertz CT molecular complexity index is 1420. The van der Waals surface area contributed by atoms with E-state index in [1.54, 1.807) is 7.11 Å². The number of methoxy groups -OCH3 is 1. The number of amides is 1. The highest BCUT2D eigenvalue weighted by molar-refractivity contribution is 5.95. The predicted molar refractivity (Wildman–Crippen MR) is 170 cm³/mol. The van der Waals surface area contributed by atoms with Crippen LogP contribution in [-0.2, 0) is 10.2 Å². The standard InChI is InChI=1S/C36H48N4O3/c1-24(2)40-22-29(21-38-40)28-10-17-37-32(20-28)39(34(42)27-6-8-31(41)9-7-27)23-35-11-14-36(15-12-35,16-13-35)30-18-25(3)33(43-5)26(4)19-30/h10,17-22,24,27,31,41H,6-9,11-16,23H2,1-5H3. The Labute approximate surface area is 256 Å². The number of aliphatic hydroxyl groups excluding tert-OH is 1. The van der Waals surface area contributed by atoms with E-state index in [4.69, 9.17) is 9.72 Å². The molecule has 0 unspecified atom stereocenters. The summed E-state index contributed by atoms with van der Waals surface area (Å²) in [6, 6.07) is 9.08. The number of fused-ring (bicyclic) bond motifs is 3. The first kappa shape index (κ1) is 29.9. The highest BCUT2D eigenvalue weighted by atomic mass is 16.5. The highest BCUT2D eigenvalue weighted by Gasteiger charge is 2.51. The van der Waals surface area contributed by atoms with Crippen molar-refractivity contribution in [2.75, 3.05) is 18.6 Å². The number of rotatable bonds is 8. The quantitative estimate of drug-likeness (QED) is 0.300. The third-order valence-corrected chi connectivity index (χ3v) is 11.0. The molecule has 0 radical (unpaired) electrons. The maximum absolute atomic E-state index is 14.3. The number of aryl methyl sites for hydroxylation is 2. The Hall–Kier alpha value is -3.19. The fourth-order valence-corrected chi connectivity index (χ4v) is 8.18. The second kappa shape index (κ2) is 11.7. The smallest absolute Gasteiger partial charge is 0.231 e. The molecular weight excluding hydrogens is 536 g/mol. The van der Waals surface area contributed by atoms with E-state index in [1.807, 2.05) is 28.0 Å². The van der Waals surface area contributed by atoms with Crippen LogP contribution in [0.3, 0.4) is 0 Å². The largest absolute Gasteiger partial charge is 0.496 e. The molecule has 2 bridgehead atoms. The minimum Gasteiger partial charge on any atom is -0.496 e. The van der Waals surface area contributed by atoms with Gasteiger partial charge < -0.3 is 9.84 Å². The van der Waals surface area contributed by atoms with Crippen molar-refractivity contribution in [2.24, 2.45) is 11.3 Å². The Kier molecular flexibility index (Phi) is 8.14. The van der Waals surface area contributed by atoms with Crippen LogP contribution >= 0.6 is 0 Å². The van der Waals surface area contributed by atoms with Crippen LogP contribution in [0, 0.1) is 25.2 Å². The summed E-state index contributed by atoms with van der Waals surface area (Å²) in [5.74, 6) is 1.85. The topological polar surface area (TPSA) is 80.5 Å².